The van der Waals surface area contributed by atoms with E-state index in [1.807, 2.05) is 0 Å². The quantitative estimate of drug-likeness (QED) is 0.104. The van der Waals surface area contributed by atoms with E-state index < -0.39 is 23.1 Å². The van der Waals surface area contributed by atoms with Crippen molar-refractivity contribution in [2.45, 2.75) is 154 Å². The number of Topliss-reactive ketones (excluding diaryl/α,β-unsaturated/α-hetero) is 2. The number of hydrogen-bond acceptors (Lipinski definition) is 12. The van der Waals surface area contributed by atoms with Crippen LogP contribution >= 0.6 is 0 Å². The van der Waals surface area contributed by atoms with Gasteiger partial charge in [-0.25, -0.2) is 9.59 Å². The molecule has 0 bridgehead atoms. The van der Waals surface area contributed by atoms with E-state index in [1.54, 1.807) is 0 Å². The molecule has 8 rings (SSSR count). The fourth-order valence-electron chi connectivity index (χ4n) is 15.1. The van der Waals surface area contributed by atoms with Crippen LogP contribution in [0.1, 0.15) is 143 Å². The van der Waals surface area contributed by atoms with Crippen LogP contribution in [0.15, 0.2) is 22.5 Å². The molecule has 0 heterocycles. The minimum absolute atomic E-state index is 0.251. The number of fused-ring (bicyclic) bond motifs is 10. The van der Waals surface area contributed by atoms with Crippen molar-refractivity contribution >= 4 is 34.9 Å². The van der Waals surface area contributed by atoms with Crippen LogP contribution in [0.25, 0.3) is 0 Å². The molecule has 0 aromatic heterocycles. The van der Waals surface area contributed by atoms with Gasteiger partial charge in [0, 0.05) is 72.6 Å². The SMILES string of the molecule is C[C@]12CC[C@@H]3[C@@H](CCC4(OC(=O)/C=C/C(=O)OC56CC[C@@H]7[C@@H](CC[C@]8(C)C(=O)CC[C@@H]78)[C@@]5(C)CCC(=NOCCN)C6)CC(=NOCCN)CC[C@]34C)[C@@H]1CCC2=O. The zero-order chi connectivity index (χ0) is 41.1. The molecule has 0 amide bonds. The first-order valence-electron chi connectivity index (χ1n) is 22.6. The first kappa shape index (κ1) is 41.6. The second-order valence-electron chi connectivity index (χ2n) is 20.6. The van der Waals surface area contributed by atoms with Crippen molar-refractivity contribution in [2.75, 3.05) is 26.3 Å². The van der Waals surface area contributed by atoms with Crippen LogP contribution in [0.4, 0.5) is 0 Å². The molecular weight excluding hydrogens is 737 g/mol. The van der Waals surface area contributed by atoms with Crippen molar-refractivity contribution < 1.29 is 38.3 Å². The summed E-state index contributed by atoms with van der Waals surface area (Å²) in [7, 11) is 0. The van der Waals surface area contributed by atoms with E-state index in [2.05, 4.69) is 38.0 Å². The molecule has 58 heavy (non-hydrogen) atoms. The molecule has 8 saturated carbocycles. The Hall–Kier alpha value is -3.12. The topological polar surface area (TPSA) is 182 Å². The maximum atomic E-state index is 14.1. The second kappa shape index (κ2) is 15.4. The second-order valence-corrected chi connectivity index (χ2v) is 20.6. The molecule has 0 aromatic carbocycles. The molecule has 320 valence electrons. The molecule has 12 nitrogen and oxygen atoms in total. The first-order chi connectivity index (χ1) is 27.7. The third kappa shape index (κ3) is 6.51. The molecule has 4 N–H and O–H groups in total. The molecule has 0 saturated heterocycles. The molecule has 0 spiro atoms. The monoisotopic (exact) mass is 805 g/mol. The molecule has 12 heteroatoms. The number of ketones is 2. The number of rotatable bonds is 10. The number of oxime groups is 2. The van der Waals surface area contributed by atoms with E-state index in [0.29, 0.717) is 112 Å². The minimum atomic E-state index is -0.829. The number of ether oxygens (including phenoxy) is 2. The highest BCUT2D eigenvalue weighted by Crippen LogP contribution is 2.69. The molecule has 0 aromatic rings. The Morgan fingerprint density at radius 3 is 1.40 bits per heavy atom. The van der Waals surface area contributed by atoms with Gasteiger partial charge in [-0.15, -0.1) is 0 Å². The van der Waals surface area contributed by atoms with Gasteiger partial charge in [-0.2, -0.15) is 0 Å². The van der Waals surface area contributed by atoms with Gasteiger partial charge < -0.3 is 30.6 Å². The van der Waals surface area contributed by atoms with Crippen LogP contribution < -0.4 is 11.5 Å². The molecule has 2 unspecified atom stereocenters. The smallest absolute Gasteiger partial charge is 0.331 e. The van der Waals surface area contributed by atoms with E-state index in [0.717, 1.165) is 88.5 Å². The molecule has 8 aliphatic carbocycles. The van der Waals surface area contributed by atoms with Gasteiger partial charge in [0.05, 0.1) is 11.4 Å². The summed E-state index contributed by atoms with van der Waals surface area (Å²) in [5, 5.41) is 8.92. The standard InChI is InChI=1S/C46H68N4O8/c1-41-17-15-35-31(33(41)5-7-37(41)51)13-21-45(27-29(49-55-25-23-47)11-19-43(35,45)3)57-39(53)9-10-40(54)58-46-22-14-32-34-6-8-38(52)42(34,2)18-16-36(32)44(46,4)20-12-30(28-46)50-56-26-24-48/h9-10,31-36H,5-8,11-28,47-48H2,1-4H3/b10-9+,49-29?,50-30?/t31-,32-,33-,34-,35+,36+,41-,42-,43+,44+,45?,46?/m0/s1. The van der Waals surface area contributed by atoms with Gasteiger partial charge in [0.1, 0.15) is 36.0 Å². The van der Waals surface area contributed by atoms with Crippen LogP contribution in [-0.4, -0.2) is 72.4 Å². The lowest BCUT2D eigenvalue weighted by Gasteiger charge is -2.63. The summed E-state index contributed by atoms with van der Waals surface area (Å²) in [6.07, 6.45) is 16.4. The maximum Gasteiger partial charge on any atom is 0.331 e. The molecule has 0 radical (unpaired) electrons. The van der Waals surface area contributed by atoms with E-state index in [1.165, 1.54) is 12.2 Å². The van der Waals surface area contributed by atoms with Crippen molar-refractivity contribution in [3.8, 4) is 0 Å². The fourth-order valence-corrected chi connectivity index (χ4v) is 15.1. The number of carbonyl (C=O) groups excluding carboxylic acids is 4. The van der Waals surface area contributed by atoms with Crippen LogP contribution in [0.3, 0.4) is 0 Å². The predicted molar refractivity (Wildman–Crippen MR) is 218 cm³/mol. The average molecular weight is 805 g/mol. The summed E-state index contributed by atoms with van der Waals surface area (Å²) in [5.41, 5.74) is 10.3. The van der Waals surface area contributed by atoms with Gasteiger partial charge in [0.25, 0.3) is 0 Å². The number of nitrogens with two attached hydrogens (primary N) is 2. The lowest BCUT2D eigenvalue weighted by Crippen LogP contribution is -2.64. The number of hydrogen-bond donors (Lipinski definition) is 2. The van der Waals surface area contributed by atoms with Gasteiger partial charge in [0.2, 0.25) is 0 Å². The molecule has 8 fully saturated rings. The van der Waals surface area contributed by atoms with Gasteiger partial charge in [0.15, 0.2) is 0 Å². The summed E-state index contributed by atoms with van der Waals surface area (Å²) in [4.78, 5) is 65.5. The third-order valence-corrected chi connectivity index (χ3v) is 18.4. The Labute approximate surface area is 344 Å². The molecule has 12 atom stereocenters. The fraction of sp³-hybridized carbons (Fsp3) is 0.826. The third-order valence-electron chi connectivity index (χ3n) is 18.4. The molecule has 8 aliphatic rings. The van der Waals surface area contributed by atoms with Crippen LogP contribution in [-0.2, 0) is 38.3 Å². The zero-order valence-corrected chi connectivity index (χ0v) is 35.5. The number of carbonyl (C=O) groups is 4. The van der Waals surface area contributed by atoms with E-state index in [4.69, 9.17) is 30.6 Å². The Kier molecular flexibility index (Phi) is 11.1. The van der Waals surface area contributed by atoms with Gasteiger partial charge in [-0.1, -0.05) is 38.0 Å². The summed E-state index contributed by atoms with van der Waals surface area (Å²) in [6, 6.07) is 0. The Balaban J connectivity index is 1.03. The highest BCUT2D eigenvalue weighted by Gasteiger charge is 2.68. The van der Waals surface area contributed by atoms with Gasteiger partial charge >= 0.3 is 11.9 Å². The van der Waals surface area contributed by atoms with Gasteiger partial charge in [-0.3, -0.25) is 9.59 Å². The summed E-state index contributed by atoms with van der Waals surface area (Å²) in [5.74, 6) is 1.83. The van der Waals surface area contributed by atoms with Crippen molar-refractivity contribution in [3.05, 3.63) is 12.2 Å². The van der Waals surface area contributed by atoms with Crippen LogP contribution in [0, 0.1) is 57.2 Å². The van der Waals surface area contributed by atoms with Crippen molar-refractivity contribution in [3.63, 3.8) is 0 Å². The lowest BCUT2D eigenvalue weighted by molar-refractivity contribution is -0.214. The van der Waals surface area contributed by atoms with Crippen molar-refractivity contribution in [1.29, 1.82) is 0 Å². The normalized spacial score (nSPS) is 45.8. The predicted octanol–water partition coefficient (Wildman–Crippen LogP) is 6.76. The van der Waals surface area contributed by atoms with Crippen molar-refractivity contribution in [2.24, 2.45) is 78.9 Å². The average Bonchev–Trinajstić information content (AvgIpc) is 3.68. The Bertz CT molecular complexity index is 1640. The van der Waals surface area contributed by atoms with E-state index in [9.17, 15) is 19.2 Å². The Morgan fingerprint density at radius 2 is 1.00 bits per heavy atom. The van der Waals surface area contributed by atoms with Crippen LogP contribution in [0.5, 0.6) is 0 Å². The summed E-state index contributed by atoms with van der Waals surface area (Å²) >= 11 is 0. The molecular formula is C46H68N4O8. The Morgan fingerprint density at radius 1 is 0.586 bits per heavy atom. The number of esters is 2. The minimum Gasteiger partial charge on any atom is -0.455 e. The summed E-state index contributed by atoms with van der Waals surface area (Å²) < 4.78 is 13.3. The van der Waals surface area contributed by atoms with Gasteiger partial charge in [-0.05, 0) is 125 Å². The number of nitrogens with zero attached hydrogens (tertiary/aromatic N) is 2. The summed E-state index contributed by atoms with van der Waals surface area (Å²) in [6.45, 7) is 10.3. The zero-order valence-electron chi connectivity index (χ0n) is 35.5. The van der Waals surface area contributed by atoms with E-state index >= 15 is 0 Å². The maximum absolute atomic E-state index is 14.1. The largest absolute Gasteiger partial charge is 0.455 e. The highest BCUT2D eigenvalue weighted by molar-refractivity contribution is 5.94. The van der Waals surface area contributed by atoms with Crippen LogP contribution in [0.2, 0.25) is 0 Å². The lowest BCUT2D eigenvalue weighted by atomic mass is 9.43. The van der Waals surface area contributed by atoms with Crippen molar-refractivity contribution in [1.82, 2.24) is 0 Å². The molecule has 0 aliphatic heterocycles. The highest BCUT2D eigenvalue weighted by atomic mass is 16.6. The first-order valence-corrected chi connectivity index (χ1v) is 22.6. The van der Waals surface area contributed by atoms with E-state index in [-0.39, 0.29) is 21.7 Å².